The number of aliphatic hydroxyl groups is 1. The first-order valence-electron chi connectivity index (χ1n) is 6.18. The molecule has 0 bridgehead atoms. The van der Waals surface area contributed by atoms with Gasteiger partial charge in [0.25, 0.3) is 5.91 Å². The van der Waals surface area contributed by atoms with Crippen LogP contribution in [0, 0.1) is 6.92 Å². The Labute approximate surface area is 115 Å². The van der Waals surface area contributed by atoms with Crippen LogP contribution in [0.15, 0.2) is 45.6 Å². The molecule has 1 amide bonds. The summed E-state index contributed by atoms with van der Waals surface area (Å²) in [6.07, 6.45) is -0.785. The first kappa shape index (κ1) is 14.0. The van der Waals surface area contributed by atoms with E-state index in [1.807, 2.05) is 0 Å². The average molecular weight is 273 g/mol. The molecule has 2 rings (SSSR count). The standard InChI is InChI=1S/C15H15NO4/c1-9(17)12-8-13(15(19)20-10(12)2)16-14(18)11-6-4-3-5-7-11/h3-9,17H,1-2H3,(H,16,18)/t9-/m1/s1. The average Bonchev–Trinajstić information content (AvgIpc) is 2.42. The van der Waals surface area contributed by atoms with Crippen LogP contribution < -0.4 is 10.9 Å². The van der Waals surface area contributed by atoms with Gasteiger partial charge in [0.05, 0.1) is 6.10 Å². The lowest BCUT2D eigenvalue weighted by atomic mass is 10.1. The van der Waals surface area contributed by atoms with E-state index in [2.05, 4.69) is 5.32 Å². The number of carbonyl (C=O) groups is 1. The van der Waals surface area contributed by atoms with Crippen LogP contribution >= 0.6 is 0 Å². The fraction of sp³-hybridized carbons (Fsp3) is 0.200. The van der Waals surface area contributed by atoms with Crippen LogP contribution in [0.5, 0.6) is 0 Å². The fourth-order valence-corrected chi connectivity index (χ4v) is 1.85. The van der Waals surface area contributed by atoms with Crippen LogP contribution in [0.1, 0.15) is 34.7 Å². The summed E-state index contributed by atoms with van der Waals surface area (Å²) in [7, 11) is 0. The highest BCUT2D eigenvalue weighted by Crippen LogP contribution is 2.19. The summed E-state index contributed by atoms with van der Waals surface area (Å²) in [4.78, 5) is 23.7. The van der Waals surface area contributed by atoms with Gasteiger partial charge >= 0.3 is 5.63 Å². The molecular formula is C15H15NO4. The molecule has 0 radical (unpaired) electrons. The maximum atomic E-state index is 12.0. The third kappa shape index (κ3) is 2.95. The van der Waals surface area contributed by atoms with Crippen molar-refractivity contribution < 1.29 is 14.3 Å². The molecule has 2 aromatic rings. The van der Waals surface area contributed by atoms with Gasteiger partial charge in [-0.1, -0.05) is 18.2 Å². The van der Waals surface area contributed by atoms with E-state index < -0.39 is 17.6 Å². The number of anilines is 1. The highest BCUT2D eigenvalue weighted by molar-refractivity contribution is 6.04. The Bertz CT molecular complexity index is 674. The number of benzene rings is 1. The number of aryl methyl sites for hydroxylation is 1. The Morgan fingerprint density at radius 3 is 2.55 bits per heavy atom. The van der Waals surface area contributed by atoms with Crippen LogP contribution in [-0.2, 0) is 0 Å². The van der Waals surface area contributed by atoms with Crippen LogP contribution in [-0.4, -0.2) is 11.0 Å². The first-order valence-corrected chi connectivity index (χ1v) is 6.18. The molecule has 1 aromatic heterocycles. The van der Waals surface area contributed by atoms with Crippen LogP contribution in [0.3, 0.4) is 0 Å². The van der Waals surface area contributed by atoms with Crippen LogP contribution in [0.2, 0.25) is 0 Å². The van der Waals surface area contributed by atoms with Crippen molar-refractivity contribution in [2.24, 2.45) is 0 Å². The molecule has 0 aliphatic carbocycles. The van der Waals surface area contributed by atoms with Gasteiger partial charge in [0.2, 0.25) is 0 Å². The monoisotopic (exact) mass is 273 g/mol. The number of hydrogen-bond acceptors (Lipinski definition) is 4. The van der Waals surface area contributed by atoms with Gasteiger partial charge in [0.15, 0.2) is 0 Å². The van der Waals surface area contributed by atoms with Crippen molar-refractivity contribution in [2.45, 2.75) is 20.0 Å². The molecule has 1 heterocycles. The van der Waals surface area contributed by atoms with E-state index in [9.17, 15) is 14.7 Å². The first-order chi connectivity index (χ1) is 9.49. The van der Waals surface area contributed by atoms with Crippen molar-refractivity contribution in [1.82, 2.24) is 0 Å². The van der Waals surface area contributed by atoms with Gasteiger partial charge in [0.1, 0.15) is 11.4 Å². The third-order valence-electron chi connectivity index (χ3n) is 2.91. The largest absolute Gasteiger partial charge is 0.426 e. The predicted molar refractivity (Wildman–Crippen MR) is 74.7 cm³/mol. The lowest BCUT2D eigenvalue weighted by Gasteiger charge is -2.10. The molecule has 5 heteroatoms. The number of nitrogens with one attached hydrogen (secondary N) is 1. The van der Waals surface area contributed by atoms with Crippen molar-refractivity contribution in [1.29, 1.82) is 0 Å². The second-order valence-electron chi connectivity index (χ2n) is 4.46. The van der Waals surface area contributed by atoms with E-state index in [1.54, 1.807) is 44.2 Å². The summed E-state index contributed by atoms with van der Waals surface area (Å²) in [6, 6.07) is 9.97. The third-order valence-corrected chi connectivity index (χ3v) is 2.91. The molecule has 0 unspecified atom stereocenters. The van der Waals surface area contributed by atoms with Gasteiger partial charge in [-0.05, 0) is 32.0 Å². The van der Waals surface area contributed by atoms with Gasteiger partial charge < -0.3 is 14.8 Å². The van der Waals surface area contributed by atoms with E-state index in [0.29, 0.717) is 16.9 Å². The molecular weight excluding hydrogens is 258 g/mol. The molecule has 104 valence electrons. The van der Waals surface area contributed by atoms with E-state index in [0.717, 1.165) is 0 Å². The van der Waals surface area contributed by atoms with E-state index in [1.165, 1.54) is 6.07 Å². The molecule has 1 aromatic carbocycles. The normalized spacial score (nSPS) is 11.9. The second-order valence-corrected chi connectivity index (χ2v) is 4.46. The summed E-state index contributed by atoms with van der Waals surface area (Å²) in [6.45, 7) is 3.15. The lowest BCUT2D eigenvalue weighted by Crippen LogP contribution is -2.19. The number of aliphatic hydroxyl groups excluding tert-OH is 1. The van der Waals surface area contributed by atoms with Gasteiger partial charge in [0, 0.05) is 11.1 Å². The maximum Gasteiger partial charge on any atom is 0.359 e. The molecule has 0 saturated carbocycles. The second kappa shape index (κ2) is 5.71. The maximum absolute atomic E-state index is 12.0. The van der Waals surface area contributed by atoms with Crippen LogP contribution in [0.25, 0.3) is 0 Å². The topological polar surface area (TPSA) is 79.5 Å². The van der Waals surface area contributed by atoms with Gasteiger partial charge in [-0.25, -0.2) is 4.79 Å². The van der Waals surface area contributed by atoms with Crippen molar-refractivity contribution >= 4 is 11.6 Å². The lowest BCUT2D eigenvalue weighted by molar-refractivity contribution is 0.102. The highest BCUT2D eigenvalue weighted by atomic mass is 16.4. The zero-order valence-corrected chi connectivity index (χ0v) is 11.2. The number of hydrogen-bond donors (Lipinski definition) is 2. The minimum atomic E-state index is -0.785. The zero-order chi connectivity index (χ0) is 14.7. The molecule has 0 saturated heterocycles. The Morgan fingerprint density at radius 2 is 1.95 bits per heavy atom. The van der Waals surface area contributed by atoms with Crippen molar-refractivity contribution in [3.63, 3.8) is 0 Å². The SMILES string of the molecule is Cc1oc(=O)c(NC(=O)c2ccccc2)cc1[C@@H](C)O. The Kier molecular flexibility index (Phi) is 4.00. The van der Waals surface area contributed by atoms with E-state index in [4.69, 9.17) is 4.42 Å². The molecule has 0 fully saturated rings. The predicted octanol–water partition coefficient (Wildman–Crippen LogP) is 2.25. The Hall–Kier alpha value is -2.40. The van der Waals surface area contributed by atoms with Crippen molar-refractivity contribution in [3.05, 3.63) is 63.7 Å². The van der Waals surface area contributed by atoms with Gasteiger partial charge in [-0.2, -0.15) is 0 Å². The minimum Gasteiger partial charge on any atom is -0.426 e. The highest BCUT2D eigenvalue weighted by Gasteiger charge is 2.14. The zero-order valence-electron chi connectivity index (χ0n) is 11.2. The van der Waals surface area contributed by atoms with Crippen molar-refractivity contribution in [3.8, 4) is 0 Å². The Balaban J connectivity index is 2.32. The van der Waals surface area contributed by atoms with Crippen LogP contribution in [0.4, 0.5) is 5.69 Å². The molecule has 5 nitrogen and oxygen atoms in total. The molecule has 0 spiro atoms. The summed E-state index contributed by atoms with van der Waals surface area (Å²) in [5.41, 5.74) is 0.274. The molecule has 20 heavy (non-hydrogen) atoms. The smallest absolute Gasteiger partial charge is 0.359 e. The van der Waals surface area contributed by atoms with Gasteiger partial charge in [-0.3, -0.25) is 4.79 Å². The number of carbonyl (C=O) groups excluding carboxylic acids is 1. The molecule has 2 N–H and O–H groups in total. The van der Waals surface area contributed by atoms with E-state index in [-0.39, 0.29) is 5.69 Å². The number of rotatable bonds is 3. The van der Waals surface area contributed by atoms with Crippen molar-refractivity contribution in [2.75, 3.05) is 5.32 Å². The van der Waals surface area contributed by atoms with E-state index >= 15 is 0 Å². The summed E-state index contributed by atoms with van der Waals surface area (Å²) >= 11 is 0. The molecule has 0 aliphatic heterocycles. The quantitative estimate of drug-likeness (QED) is 0.899. The summed E-state index contributed by atoms with van der Waals surface area (Å²) in [5, 5.41) is 12.1. The van der Waals surface area contributed by atoms with Gasteiger partial charge in [-0.15, -0.1) is 0 Å². The number of amides is 1. The fourth-order valence-electron chi connectivity index (χ4n) is 1.85. The summed E-state index contributed by atoms with van der Waals surface area (Å²) in [5.74, 6) is -0.0685. The molecule has 0 aliphatic rings. The summed E-state index contributed by atoms with van der Waals surface area (Å²) < 4.78 is 5.01. The molecule has 1 atom stereocenters. The minimum absolute atomic E-state index is 0.0142. The Morgan fingerprint density at radius 1 is 1.30 bits per heavy atom.